The topological polar surface area (TPSA) is 26.3 Å². The SMILES string of the molecule is CC(C)(C)CC(C)(C)C(=O)OC1C(F)=C(F)C(F)=C(F)C1F. The molecule has 0 fully saturated rings. The van der Waals surface area contributed by atoms with Crippen molar-refractivity contribution in [1.82, 2.24) is 0 Å². The second-order valence-electron chi connectivity index (χ2n) is 7.17. The van der Waals surface area contributed by atoms with Gasteiger partial charge in [0.2, 0.25) is 0 Å². The largest absolute Gasteiger partial charge is 0.451 e. The van der Waals surface area contributed by atoms with Crippen LogP contribution in [-0.2, 0) is 9.53 Å². The third kappa shape index (κ3) is 3.87. The van der Waals surface area contributed by atoms with Crippen molar-refractivity contribution in [1.29, 1.82) is 0 Å². The molecule has 2 nitrogen and oxygen atoms in total. The molecule has 2 atom stereocenters. The van der Waals surface area contributed by atoms with E-state index in [1.54, 1.807) is 0 Å². The average molecular weight is 326 g/mol. The first-order valence-electron chi connectivity index (χ1n) is 6.74. The van der Waals surface area contributed by atoms with E-state index in [9.17, 15) is 26.7 Å². The van der Waals surface area contributed by atoms with Gasteiger partial charge in [0, 0.05) is 0 Å². The Bertz CT molecular complexity index is 529. The van der Waals surface area contributed by atoms with Crippen molar-refractivity contribution in [2.24, 2.45) is 10.8 Å². The highest BCUT2D eigenvalue weighted by Crippen LogP contribution is 2.39. The van der Waals surface area contributed by atoms with E-state index < -0.39 is 47.0 Å². The third-order valence-electron chi connectivity index (χ3n) is 3.13. The maximum absolute atomic E-state index is 13.6. The summed E-state index contributed by atoms with van der Waals surface area (Å²) in [4.78, 5) is 12.1. The van der Waals surface area contributed by atoms with Gasteiger partial charge in [-0.2, -0.15) is 0 Å². The highest BCUT2D eigenvalue weighted by molar-refractivity contribution is 5.76. The van der Waals surface area contributed by atoms with Crippen LogP contribution < -0.4 is 0 Å². The average Bonchev–Trinajstić information content (AvgIpc) is 2.36. The van der Waals surface area contributed by atoms with E-state index in [0.717, 1.165) is 0 Å². The number of hydrogen-bond acceptors (Lipinski definition) is 2. The zero-order chi connectivity index (χ0) is 17.5. The van der Waals surface area contributed by atoms with E-state index in [0.29, 0.717) is 6.42 Å². The monoisotopic (exact) mass is 326 g/mol. The molecule has 0 aromatic carbocycles. The molecule has 0 amide bonds. The molecule has 0 aromatic rings. The summed E-state index contributed by atoms with van der Waals surface area (Å²) in [5.74, 6) is -9.53. The minimum atomic E-state index is -2.91. The van der Waals surface area contributed by atoms with Gasteiger partial charge < -0.3 is 4.74 Å². The van der Waals surface area contributed by atoms with Gasteiger partial charge in [-0.1, -0.05) is 20.8 Å². The predicted octanol–water partition coefficient (Wildman–Crippen LogP) is 5.01. The van der Waals surface area contributed by atoms with Crippen LogP contribution in [0.15, 0.2) is 23.3 Å². The summed E-state index contributed by atoms with van der Waals surface area (Å²) in [5.41, 5.74) is -1.42. The Morgan fingerprint density at radius 2 is 1.45 bits per heavy atom. The second-order valence-corrected chi connectivity index (χ2v) is 7.17. The molecule has 0 saturated heterocycles. The standard InChI is InChI=1S/C15H19F5O2/c1-14(2,3)6-15(4,5)13(21)22-12-10(19)8(17)7(16)9(18)11(12)20/h10,12H,6H2,1-5H3. The van der Waals surface area contributed by atoms with E-state index >= 15 is 0 Å². The van der Waals surface area contributed by atoms with E-state index in [1.807, 2.05) is 20.8 Å². The zero-order valence-electron chi connectivity index (χ0n) is 13.1. The van der Waals surface area contributed by atoms with Crippen LogP contribution in [0.25, 0.3) is 0 Å². The molecule has 1 aliphatic carbocycles. The Morgan fingerprint density at radius 3 is 1.91 bits per heavy atom. The maximum atomic E-state index is 13.6. The van der Waals surface area contributed by atoms with Crippen molar-refractivity contribution >= 4 is 5.97 Å². The molecule has 0 bridgehead atoms. The molecule has 7 heteroatoms. The molecule has 0 aliphatic heterocycles. The van der Waals surface area contributed by atoms with Gasteiger partial charge in [-0.15, -0.1) is 0 Å². The van der Waals surface area contributed by atoms with E-state index in [4.69, 9.17) is 0 Å². The van der Waals surface area contributed by atoms with Crippen molar-refractivity contribution in [3.8, 4) is 0 Å². The molecule has 0 N–H and O–H groups in total. The number of rotatable bonds is 3. The second kappa shape index (κ2) is 6.01. The lowest BCUT2D eigenvalue weighted by Crippen LogP contribution is -2.39. The normalized spacial score (nSPS) is 23.9. The molecular formula is C15H19F5O2. The summed E-state index contributed by atoms with van der Waals surface area (Å²) in [5, 5.41) is 0. The summed E-state index contributed by atoms with van der Waals surface area (Å²) in [6, 6.07) is 0. The van der Waals surface area contributed by atoms with E-state index in [-0.39, 0.29) is 5.41 Å². The molecule has 2 unspecified atom stereocenters. The minimum Gasteiger partial charge on any atom is -0.451 e. The highest BCUT2D eigenvalue weighted by Gasteiger charge is 2.45. The van der Waals surface area contributed by atoms with Crippen LogP contribution in [0.5, 0.6) is 0 Å². The Kier molecular flexibility index (Phi) is 5.09. The molecule has 22 heavy (non-hydrogen) atoms. The van der Waals surface area contributed by atoms with Gasteiger partial charge in [-0.05, 0) is 25.7 Å². The fraction of sp³-hybridized carbons (Fsp3) is 0.667. The first-order valence-corrected chi connectivity index (χ1v) is 6.74. The van der Waals surface area contributed by atoms with E-state index in [1.165, 1.54) is 13.8 Å². The molecule has 0 spiro atoms. The Morgan fingerprint density at radius 1 is 1.00 bits per heavy atom. The summed E-state index contributed by atoms with van der Waals surface area (Å²) >= 11 is 0. The molecule has 0 saturated carbocycles. The lowest BCUT2D eigenvalue weighted by atomic mass is 9.76. The number of carbonyl (C=O) groups excluding carboxylic acids is 1. The van der Waals surface area contributed by atoms with Crippen molar-refractivity contribution in [2.75, 3.05) is 0 Å². The number of halogens is 5. The van der Waals surface area contributed by atoms with Gasteiger partial charge >= 0.3 is 5.97 Å². The van der Waals surface area contributed by atoms with Crippen LogP contribution in [0.1, 0.15) is 41.0 Å². The molecule has 1 rings (SSSR count). The fourth-order valence-electron chi connectivity index (χ4n) is 2.50. The first kappa shape index (κ1) is 18.6. The predicted molar refractivity (Wildman–Crippen MR) is 71.1 cm³/mol. The van der Waals surface area contributed by atoms with Gasteiger partial charge in [0.15, 0.2) is 35.6 Å². The van der Waals surface area contributed by atoms with Gasteiger partial charge in [-0.25, -0.2) is 22.0 Å². The van der Waals surface area contributed by atoms with E-state index in [2.05, 4.69) is 4.74 Å². The molecule has 0 aromatic heterocycles. The maximum Gasteiger partial charge on any atom is 0.312 e. The van der Waals surface area contributed by atoms with Crippen LogP contribution in [0.4, 0.5) is 22.0 Å². The van der Waals surface area contributed by atoms with Crippen LogP contribution in [0, 0.1) is 10.8 Å². The third-order valence-corrected chi connectivity index (χ3v) is 3.13. The Hall–Kier alpha value is -1.40. The quantitative estimate of drug-likeness (QED) is 0.538. The highest BCUT2D eigenvalue weighted by atomic mass is 19.2. The number of allylic oxidation sites excluding steroid dienone is 2. The molecule has 0 heterocycles. The summed E-state index contributed by atoms with van der Waals surface area (Å²) in [7, 11) is 0. The van der Waals surface area contributed by atoms with Crippen LogP contribution in [0.2, 0.25) is 0 Å². The summed E-state index contributed by atoms with van der Waals surface area (Å²) in [6.07, 6.45) is -5.05. The lowest BCUT2D eigenvalue weighted by Gasteiger charge is -2.32. The molecule has 126 valence electrons. The number of ether oxygens (including phenoxy) is 1. The lowest BCUT2D eigenvalue weighted by molar-refractivity contribution is -0.163. The molecule has 1 aliphatic rings. The van der Waals surface area contributed by atoms with Gasteiger partial charge in [-0.3, -0.25) is 4.79 Å². The van der Waals surface area contributed by atoms with Crippen LogP contribution >= 0.6 is 0 Å². The summed E-state index contributed by atoms with van der Waals surface area (Å²) in [6.45, 7) is 8.51. The number of hydrogen-bond donors (Lipinski definition) is 0. The molecule has 0 radical (unpaired) electrons. The van der Waals surface area contributed by atoms with Gasteiger partial charge in [0.25, 0.3) is 0 Å². The van der Waals surface area contributed by atoms with Crippen molar-refractivity contribution in [2.45, 2.75) is 53.3 Å². The first-order chi connectivity index (χ1) is 9.78. The van der Waals surface area contributed by atoms with Gasteiger partial charge in [0.05, 0.1) is 5.41 Å². The number of alkyl halides is 1. The van der Waals surface area contributed by atoms with Crippen molar-refractivity contribution < 1.29 is 31.5 Å². The smallest absolute Gasteiger partial charge is 0.312 e. The molecular weight excluding hydrogens is 307 g/mol. The fourth-order valence-corrected chi connectivity index (χ4v) is 2.50. The van der Waals surface area contributed by atoms with Crippen LogP contribution in [-0.4, -0.2) is 18.2 Å². The van der Waals surface area contributed by atoms with Crippen molar-refractivity contribution in [3.63, 3.8) is 0 Å². The zero-order valence-corrected chi connectivity index (χ0v) is 13.1. The van der Waals surface area contributed by atoms with Crippen LogP contribution in [0.3, 0.4) is 0 Å². The number of esters is 1. The van der Waals surface area contributed by atoms with Crippen molar-refractivity contribution in [3.05, 3.63) is 23.3 Å². The minimum absolute atomic E-state index is 0.291. The van der Waals surface area contributed by atoms with Gasteiger partial charge in [0.1, 0.15) is 0 Å². The summed E-state index contributed by atoms with van der Waals surface area (Å²) < 4.78 is 70.9. The Balaban J connectivity index is 2.98. The Labute approximate surface area is 126 Å². The number of carbonyl (C=O) groups is 1.